The molecule has 1 aromatic rings. The Bertz CT molecular complexity index is 286. The number of aromatic nitrogens is 2. The lowest BCUT2D eigenvalue weighted by Gasteiger charge is -2.12. The third-order valence-electron chi connectivity index (χ3n) is 2.62. The van der Waals surface area contributed by atoms with Crippen LogP contribution in [-0.4, -0.2) is 22.7 Å². The molecule has 0 spiro atoms. The number of nitrogens with zero attached hydrogens (tertiary/aromatic N) is 2. The Kier molecular flexibility index (Phi) is 6.08. The van der Waals surface area contributed by atoms with Crippen LogP contribution in [-0.2, 0) is 6.42 Å². The smallest absolute Gasteiger partial charge is 0.226 e. The van der Waals surface area contributed by atoms with Crippen molar-refractivity contribution in [2.75, 3.05) is 6.54 Å². The first kappa shape index (κ1) is 13.2. The van der Waals surface area contributed by atoms with Gasteiger partial charge < -0.3 is 9.84 Å². The van der Waals surface area contributed by atoms with E-state index in [-0.39, 0.29) is 0 Å². The molecule has 1 aromatic heterocycles. The van der Waals surface area contributed by atoms with Gasteiger partial charge in [-0.25, -0.2) is 0 Å². The summed E-state index contributed by atoms with van der Waals surface area (Å²) >= 11 is 0. The maximum Gasteiger partial charge on any atom is 0.226 e. The molecule has 1 heterocycles. The van der Waals surface area contributed by atoms with Crippen LogP contribution >= 0.6 is 0 Å². The van der Waals surface area contributed by atoms with E-state index in [4.69, 9.17) is 4.52 Å². The topological polar surface area (TPSA) is 51.0 Å². The van der Waals surface area contributed by atoms with Gasteiger partial charge in [-0.3, -0.25) is 0 Å². The molecule has 4 nitrogen and oxygen atoms in total. The van der Waals surface area contributed by atoms with E-state index >= 15 is 0 Å². The predicted molar refractivity (Wildman–Crippen MR) is 64.3 cm³/mol. The molecular weight excluding hydrogens is 202 g/mol. The minimum absolute atomic E-state index is 0.615. The quantitative estimate of drug-likeness (QED) is 0.691. The first-order valence-corrected chi connectivity index (χ1v) is 6.25. The van der Waals surface area contributed by atoms with Crippen molar-refractivity contribution < 1.29 is 4.52 Å². The van der Waals surface area contributed by atoms with Gasteiger partial charge in [0, 0.05) is 12.5 Å². The summed E-state index contributed by atoms with van der Waals surface area (Å²) in [6.45, 7) is 7.33. The first-order valence-electron chi connectivity index (χ1n) is 6.25. The zero-order valence-corrected chi connectivity index (χ0v) is 10.6. The van der Waals surface area contributed by atoms with Gasteiger partial charge in [0.25, 0.3) is 0 Å². The van der Waals surface area contributed by atoms with E-state index in [0.29, 0.717) is 6.04 Å². The van der Waals surface area contributed by atoms with E-state index in [1.54, 1.807) is 0 Å². The lowest BCUT2D eigenvalue weighted by molar-refractivity contribution is 0.369. The maximum atomic E-state index is 5.05. The van der Waals surface area contributed by atoms with E-state index < -0.39 is 0 Å². The van der Waals surface area contributed by atoms with E-state index in [1.165, 1.54) is 19.3 Å². The van der Waals surface area contributed by atoms with Crippen molar-refractivity contribution in [3.8, 4) is 0 Å². The highest BCUT2D eigenvalue weighted by atomic mass is 16.5. The van der Waals surface area contributed by atoms with Crippen LogP contribution in [0.25, 0.3) is 0 Å². The van der Waals surface area contributed by atoms with Crippen LogP contribution in [0, 0.1) is 6.92 Å². The van der Waals surface area contributed by atoms with Gasteiger partial charge in [-0.2, -0.15) is 4.98 Å². The summed E-state index contributed by atoms with van der Waals surface area (Å²) in [6, 6.07) is 0.615. The standard InChI is InChI=1S/C12H23N3O/c1-4-5-7-10(2)13-9-6-8-12-14-11(3)15-16-12/h10,13H,4-9H2,1-3H3. The molecule has 0 radical (unpaired) electrons. The van der Waals surface area contributed by atoms with E-state index in [1.807, 2.05) is 6.92 Å². The average molecular weight is 225 g/mol. The lowest BCUT2D eigenvalue weighted by Crippen LogP contribution is -2.27. The fourth-order valence-corrected chi connectivity index (χ4v) is 1.64. The molecule has 1 rings (SSSR count). The molecule has 0 aliphatic rings. The number of unbranched alkanes of at least 4 members (excludes halogenated alkanes) is 1. The molecule has 0 saturated heterocycles. The molecule has 0 aliphatic carbocycles. The van der Waals surface area contributed by atoms with Crippen LogP contribution in [0.1, 0.15) is 51.2 Å². The normalized spacial score (nSPS) is 12.9. The van der Waals surface area contributed by atoms with Crippen LogP contribution in [0.3, 0.4) is 0 Å². The highest BCUT2D eigenvalue weighted by Gasteiger charge is 2.03. The number of nitrogens with one attached hydrogen (secondary N) is 1. The van der Waals surface area contributed by atoms with Gasteiger partial charge >= 0.3 is 0 Å². The van der Waals surface area contributed by atoms with Crippen LogP contribution in [0.15, 0.2) is 4.52 Å². The molecule has 92 valence electrons. The van der Waals surface area contributed by atoms with Gasteiger partial charge in [0.15, 0.2) is 5.82 Å². The van der Waals surface area contributed by atoms with Crippen molar-refractivity contribution in [2.24, 2.45) is 0 Å². The molecule has 1 atom stereocenters. The first-order chi connectivity index (χ1) is 7.72. The predicted octanol–water partition coefficient (Wildman–Crippen LogP) is 2.48. The van der Waals surface area contributed by atoms with Crippen LogP contribution in [0.4, 0.5) is 0 Å². The summed E-state index contributed by atoms with van der Waals surface area (Å²) < 4.78 is 5.05. The van der Waals surface area contributed by atoms with Gasteiger partial charge in [0.2, 0.25) is 5.89 Å². The Morgan fingerprint density at radius 3 is 2.81 bits per heavy atom. The van der Waals surface area contributed by atoms with Crippen molar-refractivity contribution in [3.05, 3.63) is 11.7 Å². The highest BCUT2D eigenvalue weighted by Crippen LogP contribution is 2.01. The fraction of sp³-hybridized carbons (Fsp3) is 0.833. The zero-order chi connectivity index (χ0) is 11.8. The Balaban J connectivity index is 2.03. The van der Waals surface area contributed by atoms with Crippen LogP contribution in [0.5, 0.6) is 0 Å². The third-order valence-corrected chi connectivity index (χ3v) is 2.62. The largest absolute Gasteiger partial charge is 0.339 e. The van der Waals surface area contributed by atoms with Gasteiger partial charge in [-0.1, -0.05) is 24.9 Å². The summed E-state index contributed by atoms with van der Waals surface area (Å²) in [6.07, 6.45) is 5.76. The van der Waals surface area contributed by atoms with Crippen molar-refractivity contribution in [1.82, 2.24) is 15.5 Å². The summed E-state index contributed by atoms with van der Waals surface area (Å²) in [4.78, 5) is 4.17. The molecule has 0 aliphatic heterocycles. The molecule has 0 amide bonds. The second-order valence-electron chi connectivity index (χ2n) is 4.34. The SMILES string of the molecule is CCCCC(C)NCCCc1nc(C)no1. The average Bonchev–Trinajstić information content (AvgIpc) is 2.67. The number of hydrogen-bond donors (Lipinski definition) is 1. The maximum absolute atomic E-state index is 5.05. The Morgan fingerprint density at radius 2 is 2.19 bits per heavy atom. The minimum atomic E-state index is 0.615. The summed E-state index contributed by atoms with van der Waals surface area (Å²) in [7, 11) is 0. The van der Waals surface area contributed by atoms with E-state index in [2.05, 4.69) is 29.3 Å². The van der Waals surface area contributed by atoms with E-state index in [0.717, 1.165) is 31.1 Å². The monoisotopic (exact) mass is 225 g/mol. The fourth-order valence-electron chi connectivity index (χ4n) is 1.64. The molecule has 1 N–H and O–H groups in total. The van der Waals surface area contributed by atoms with Crippen molar-refractivity contribution in [3.63, 3.8) is 0 Å². The lowest BCUT2D eigenvalue weighted by atomic mass is 10.1. The van der Waals surface area contributed by atoms with Gasteiger partial charge in [-0.15, -0.1) is 0 Å². The second kappa shape index (κ2) is 7.39. The number of rotatable bonds is 8. The van der Waals surface area contributed by atoms with Crippen molar-refractivity contribution in [2.45, 2.75) is 58.9 Å². The minimum Gasteiger partial charge on any atom is -0.339 e. The summed E-state index contributed by atoms with van der Waals surface area (Å²) in [5.74, 6) is 1.47. The molecule has 0 bridgehead atoms. The van der Waals surface area contributed by atoms with Crippen molar-refractivity contribution >= 4 is 0 Å². The van der Waals surface area contributed by atoms with Crippen LogP contribution in [0.2, 0.25) is 0 Å². The highest BCUT2D eigenvalue weighted by molar-refractivity contribution is 4.82. The van der Waals surface area contributed by atoms with Gasteiger partial charge in [0.05, 0.1) is 0 Å². The molecule has 1 unspecified atom stereocenters. The number of aryl methyl sites for hydroxylation is 2. The molecule has 0 saturated carbocycles. The third kappa shape index (κ3) is 5.26. The molecule has 0 aromatic carbocycles. The summed E-state index contributed by atoms with van der Waals surface area (Å²) in [5, 5.41) is 7.27. The second-order valence-corrected chi connectivity index (χ2v) is 4.34. The van der Waals surface area contributed by atoms with Gasteiger partial charge in [0.1, 0.15) is 0 Å². The zero-order valence-electron chi connectivity index (χ0n) is 10.6. The Morgan fingerprint density at radius 1 is 1.38 bits per heavy atom. The number of hydrogen-bond acceptors (Lipinski definition) is 4. The Hall–Kier alpha value is -0.900. The van der Waals surface area contributed by atoms with Crippen molar-refractivity contribution in [1.29, 1.82) is 0 Å². The van der Waals surface area contributed by atoms with E-state index in [9.17, 15) is 0 Å². The Labute approximate surface area is 97.8 Å². The summed E-state index contributed by atoms with van der Waals surface area (Å²) in [5.41, 5.74) is 0. The van der Waals surface area contributed by atoms with Crippen LogP contribution < -0.4 is 5.32 Å². The molecular formula is C12H23N3O. The molecule has 4 heteroatoms. The molecule has 0 fully saturated rings. The molecule has 16 heavy (non-hydrogen) atoms. The van der Waals surface area contributed by atoms with Gasteiger partial charge in [-0.05, 0) is 33.2 Å².